The Morgan fingerprint density at radius 2 is 1.73 bits per heavy atom. The second kappa shape index (κ2) is 11.7. The third kappa shape index (κ3) is 9.92. The summed E-state index contributed by atoms with van der Waals surface area (Å²) in [4.78, 5) is 10.8. The first-order valence-corrected chi connectivity index (χ1v) is 6.51. The van der Waals surface area contributed by atoms with E-state index in [-0.39, 0.29) is 5.92 Å². The maximum Gasteiger partial charge on any atom is 0.123 e. The van der Waals surface area contributed by atoms with Crippen LogP contribution in [-0.4, -0.2) is 19.4 Å². The van der Waals surface area contributed by atoms with Crippen molar-refractivity contribution >= 4 is 6.29 Å². The Kier molecular flexibility index (Phi) is 11.4. The maximum atomic E-state index is 10.8. The number of aldehydes is 1. The molecule has 2 nitrogen and oxygen atoms in total. The number of unbranched alkanes of at least 4 members (excludes halogenated alkanes) is 3. The molecule has 0 aliphatic heterocycles. The van der Waals surface area contributed by atoms with Gasteiger partial charge in [-0.15, -0.1) is 0 Å². The zero-order chi connectivity index (χ0) is 11.4. The van der Waals surface area contributed by atoms with Crippen LogP contribution >= 0.6 is 0 Å². The van der Waals surface area contributed by atoms with E-state index in [1.165, 1.54) is 32.1 Å². The molecule has 0 saturated heterocycles. The first-order chi connectivity index (χ1) is 7.35. The van der Waals surface area contributed by atoms with Crippen molar-refractivity contribution in [3.05, 3.63) is 0 Å². The summed E-state index contributed by atoms with van der Waals surface area (Å²) in [5.74, 6) is 0.283. The number of carbonyl (C=O) groups excluding carboxylic acids is 1. The van der Waals surface area contributed by atoms with Crippen LogP contribution in [0.25, 0.3) is 0 Å². The van der Waals surface area contributed by atoms with E-state index in [1.54, 1.807) is 0 Å². The molecule has 0 fully saturated rings. The molecule has 0 aromatic carbocycles. The molecule has 0 radical (unpaired) electrons. The molecular formula is C13H27NO. The average Bonchev–Trinajstić information content (AvgIpc) is 2.26. The van der Waals surface area contributed by atoms with E-state index in [2.05, 4.69) is 19.2 Å². The number of hydrogen-bond donors (Lipinski definition) is 1. The van der Waals surface area contributed by atoms with Gasteiger partial charge in [0.05, 0.1) is 0 Å². The molecule has 0 aromatic heterocycles. The molecule has 0 rings (SSSR count). The minimum Gasteiger partial charge on any atom is -0.317 e. The van der Waals surface area contributed by atoms with E-state index in [1.807, 2.05) is 0 Å². The van der Waals surface area contributed by atoms with Crippen LogP contribution in [0.3, 0.4) is 0 Å². The van der Waals surface area contributed by atoms with Crippen molar-refractivity contribution in [3.8, 4) is 0 Å². The summed E-state index contributed by atoms with van der Waals surface area (Å²) in [6.07, 6.45) is 9.39. The molecule has 15 heavy (non-hydrogen) atoms. The number of hydrogen-bond acceptors (Lipinski definition) is 2. The first kappa shape index (κ1) is 14.6. The molecule has 0 aliphatic rings. The fraction of sp³-hybridized carbons (Fsp3) is 0.923. The average molecular weight is 213 g/mol. The van der Waals surface area contributed by atoms with Crippen LogP contribution in [0.5, 0.6) is 0 Å². The Hall–Kier alpha value is -0.370. The molecule has 2 heteroatoms. The van der Waals surface area contributed by atoms with Crippen molar-refractivity contribution in [1.82, 2.24) is 5.32 Å². The Bertz CT molecular complexity index is 136. The van der Waals surface area contributed by atoms with Gasteiger partial charge in [0.1, 0.15) is 6.29 Å². The monoisotopic (exact) mass is 213 g/mol. The summed E-state index contributed by atoms with van der Waals surface area (Å²) in [6.45, 7) is 6.48. The summed E-state index contributed by atoms with van der Waals surface area (Å²) >= 11 is 0. The molecule has 0 spiro atoms. The lowest BCUT2D eigenvalue weighted by Gasteiger charge is -2.10. The zero-order valence-corrected chi connectivity index (χ0v) is 10.4. The molecule has 1 atom stereocenters. The lowest BCUT2D eigenvalue weighted by molar-refractivity contribution is -0.111. The third-order valence-corrected chi connectivity index (χ3v) is 2.77. The highest BCUT2D eigenvalue weighted by Crippen LogP contribution is 2.10. The van der Waals surface area contributed by atoms with Crippen LogP contribution in [0.1, 0.15) is 58.8 Å². The quantitative estimate of drug-likeness (QED) is 0.422. The lowest BCUT2D eigenvalue weighted by atomic mass is 9.99. The molecule has 0 saturated carbocycles. The van der Waals surface area contributed by atoms with Crippen molar-refractivity contribution in [2.75, 3.05) is 13.1 Å². The fourth-order valence-electron chi connectivity index (χ4n) is 1.65. The molecule has 0 bridgehead atoms. The van der Waals surface area contributed by atoms with Gasteiger partial charge in [-0.05, 0) is 32.4 Å². The predicted molar refractivity (Wildman–Crippen MR) is 66.1 cm³/mol. The van der Waals surface area contributed by atoms with Gasteiger partial charge in [0.15, 0.2) is 0 Å². The van der Waals surface area contributed by atoms with Gasteiger partial charge in [-0.25, -0.2) is 0 Å². The van der Waals surface area contributed by atoms with Crippen molar-refractivity contribution in [2.24, 2.45) is 5.92 Å². The molecular weight excluding hydrogens is 186 g/mol. The topological polar surface area (TPSA) is 29.1 Å². The summed E-state index contributed by atoms with van der Waals surface area (Å²) in [5, 5.41) is 3.38. The molecule has 0 aromatic rings. The van der Waals surface area contributed by atoms with Gasteiger partial charge in [-0.1, -0.05) is 39.5 Å². The Labute approximate surface area is 94.8 Å². The fourth-order valence-corrected chi connectivity index (χ4v) is 1.65. The van der Waals surface area contributed by atoms with Crippen LogP contribution in [-0.2, 0) is 4.79 Å². The third-order valence-electron chi connectivity index (χ3n) is 2.77. The summed E-state index contributed by atoms with van der Waals surface area (Å²) in [5.41, 5.74) is 0. The second-order valence-corrected chi connectivity index (χ2v) is 4.28. The highest BCUT2D eigenvalue weighted by molar-refractivity contribution is 5.53. The van der Waals surface area contributed by atoms with E-state index < -0.39 is 0 Å². The van der Waals surface area contributed by atoms with E-state index in [9.17, 15) is 4.79 Å². The van der Waals surface area contributed by atoms with Crippen molar-refractivity contribution < 1.29 is 4.79 Å². The normalized spacial score (nSPS) is 12.7. The lowest BCUT2D eigenvalue weighted by Crippen LogP contribution is -2.19. The number of carbonyl (C=O) groups is 1. The van der Waals surface area contributed by atoms with Gasteiger partial charge in [-0.3, -0.25) is 0 Å². The van der Waals surface area contributed by atoms with Gasteiger partial charge in [-0.2, -0.15) is 0 Å². The predicted octanol–water partition coefficient (Wildman–Crippen LogP) is 3.16. The molecule has 1 N–H and O–H groups in total. The van der Waals surface area contributed by atoms with E-state index >= 15 is 0 Å². The van der Waals surface area contributed by atoms with Gasteiger partial charge < -0.3 is 10.1 Å². The molecule has 0 aliphatic carbocycles. The largest absolute Gasteiger partial charge is 0.317 e. The van der Waals surface area contributed by atoms with Gasteiger partial charge in [0, 0.05) is 5.92 Å². The Morgan fingerprint density at radius 3 is 2.33 bits per heavy atom. The first-order valence-electron chi connectivity index (χ1n) is 6.51. The van der Waals surface area contributed by atoms with Crippen molar-refractivity contribution in [2.45, 2.75) is 58.8 Å². The molecule has 0 amide bonds. The van der Waals surface area contributed by atoms with Crippen LogP contribution in [0, 0.1) is 5.92 Å². The van der Waals surface area contributed by atoms with E-state index in [0.29, 0.717) is 0 Å². The van der Waals surface area contributed by atoms with Crippen molar-refractivity contribution in [3.63, 3.8) is 0 Å². The molecule has 0 heterocycles. The van der Waals surface area contributed by atoms with Gasteiger partial charge in [0.25, 0.3) is 0 Å². The SMILES string of the molecule is CCCCCC(C=O)CCNCCCC. The zero-order valence-electron chi connectivity index (χ0n) is 10.4. The van der Waals surface area contributed by atoms with Crippen molar-refractivity contribution in [1.29, 1.82) is 0 Å². The minimum absolute atomic E-state index is 0.283. The standard InChI is InChI=1S/C13H27NO/c1-3-5-7-8-13(12-15)9-11-14-10-6-4-2/h12-14H,3-11H2,1-2H3. The number of nitrogens with one attached hydrogen (secondary N) is 1. The molecule has 90 valence electrons. The molecule has 1 unspecified atom stereocenters. The van der Waals surface area contributed by atoms with E-state index in [0.717, 1.165) is 32.2 Å². The summed E-state index contributed by atoms with van der Waals surface area (Å²) < 4.78 is 0. The van der Waals surface area contributed by atoms with Crippen LogP contribution in [0.2, 0.25) is 0 Å². The van der Waals surface area contributed by atoms with Gasteiger partial charge in [0.2, 0.25) is 0 Å². The van der Waals surface area contributed by atoms with Crippen LogP contribution in [0.15, 0.2) is 0 Å². The second-order valence-electron chi connectivity index (χ2n) is 4.28. The summed E-state index contributed by atoms with van der Waals surface area (Å²) in [7, 11) is 0. The highest BCUT2D eigenvalue weighted by atomic mass is 16.1. The number of rotatable bonds is 11. The minimum atomic E-state index is 0.283. The van der Waals surface area contributed by atoms with Crippen LogP contribution < -0.4 is 5.32 Å². The van der Waals surface area contributed by atoms with Gasteiger partial charge >= 0.3 is 0 Å². The maximum absolute atomic E-state index is 10.8. The smallest absolute Gasteiger partial charge is 0.123 e. The van der Waals surface area contributed by atoms with E-state index in [4.69, 9.17) is 0 Å². The summed E-state index contributed by atoms with van der Waals surface area (Å²) in [6, 6.07) is 0. The van der Waals surface area contributed by atoms with Crippen LogP contribution in [0.4, 0.5) is 0 Å². The highest BCUT2D eigenvalue weighted by Gasteiger charge is 2.05. The Morgan fingerprint density at radius 1 is 1.00 bits per heavy atom. The Balaban J connectivity index is 3.32.